The number of halogens is 2. The van der Waals surface area contributed by atoms with Crippen molar-refractivity contribution in [3.8, 4) is 0 Å². The molecule has 0 amide bonds. The van der Waals surface area contributed by atoms with Gasteiger partial charge in [-0.15, -0.1) is 0 Å². The third-order valence-electron chi connectivity index (χ3n) is 4.42. The van der Waals surface area contributed by atoms with Crippen LogP contribution in [0.5, 0.6) is 0 Å². The minimum atomic E-state index is -0.809. The molecule has 4 heteroatoms. The molecule has 1 aliphatic heterocycles. The van der Waals surface area contributed by atoms with E-state index in [1.807, 2.05) is 24.3 Å². The number of aliphatic hydroxyl groups is 1. The first-order chi connectivity index (χ1) is 10.6. The first-order valence-electron chi connectivity index (χ1n) is 7.51. The fourth-order valence-corrected chi connectivity index (χ4v) is 3.12. The molecule has 116 valence electrons. The zero-order valence-corrected chi connectivity index (χ0v) is 13.1. The average Bonchev–Trinajstić information content (AvgIpc) is 2.52. The SMILES string of the molecule is OC1(c2ccc(Cl)cc2)CCN(Cc2ccccc2F)CC1. The molecule has 3 rings (SSSR count). The minimum absolute atomic E-state index is 0.166. The lowest BCUT2D eigenvalue weighted by molar-refractivity contribution is -0.0279. The van der Waals surface area contributed by atoms with E-state index in [1.165, 1.54) is 6.07 Å². The van der Waals surface area contributed by atoms with Crippen molar-refractivity contribution in [2.75, 3.05) is 13.1 Å². The van der Waals surface area contributed by atoms with Crippen molar-refractivity contribution < 1.29 is 9.50 Å². The van der Waals surface area contributed by atoms with Gasteiger partial charge in [0, 0.05) is 30.2 Å². The van der Waals surface area contributed by atoms with Crippen LogP contribution in [0, 0.1) is 5.82 Å². The Morgan fingerprint density at radius 2 is 1.68 bits per heavy atom. The van der Waals surface area contributed by atoms with Crippen molar-refractivity contribution in [3.05, 3.63) is 70.5 Å². The van der Waals surface area contributed by atoms with Gasteiger partial charge in [-0.3, -0.25) is 4.90 Å². The first kappa shape index (κ1) is 15.5. The molecule has 1 aliphatic rings. The van der Waals surface area contributed by atoms with Gasteiger partial charge in [0.2, 0.25) is 0 Å². The maximum atomic E-state index is 13.7. The molecule has 1 N–H and O–H groups in total. The van der Waals surface area contributed by atoms with Crippen LogP contribution in [0.15, 0.2) is 48.5 Å². The second-order valence-corrected chi connectivity index (χ2v) is 6.34. The van der Waals surface area contributed by atoms with Gasteiger partial charge in [-0.1, -0.05) is 41.9 Å². The van der Waals surface area contributed by atoms with E-state index in [-0.39, 0.29) is 5.82 Å². The molecule has 1 saturated heterocycles. The molecule has 1 heterocycles. The highest BCUT2D eigenvalue weighted by Gasteiger charge is 2.33. The highest BCUT2D eigenvalue weighted by atomic mass is 35.5. The zero-order chi connectivity index (χ0) is 15.6. The first-order valence-corrected chi connectivity index (χ1v) is 7.89. The summed E-state index contributed by atoms with van der Waals surface area (Å²) < 4.78 is 13.7. The van der Waals surface area contributed by atoms with Crippen molar-refractivity contribution in [2.45, 2.75) is 25.0 Å². The van der Waals surface area contributed by atoms with Crippen LogP contribution in [0.1, 0.15) is 24.0 Å². The fraction of sp³-hybridized carbons (Fsp3) is 0.333. The molecule has 0 atom stereocenters. The second-order valence-electron chi connectivity index (χ2n) is 5.91. The van der Waals surface area contributed by atoms with Crippen LogP contribution in [0.4, 0.5) is 4.39 Å². The molecule has 0 saturated carbocycles. The minimum Gasteiger partial charge on any atom is -0.385 e. The molecule has 2 aromatic rings. The average molecular weight is 320 g/mol. The van der Waals surface area contributed by atoms with E-state index in [2.05, 4.69) is 4.90 Å². The lowest BCUT2D eigenvalue weighted by Gasteiger charge is -2.38. The van der Waals surface area contributed by atoms with Gasteiger partial charge < -0.3 is 5.11 Å². The van der Waals surface area contributed by atoms with Crippen molar-refractivity contribution in [1.82, 2.24) is 4.90 Å². The summed E-state index contributed by atoms with van der Waals surface area (Å²) in [6.07, 6.45) is 1.28. The summed E-state index contributed by atoms with van der Waals surface area (Å²) in [6, 6.07) is 14.2. The van der Waals surface area contributed by atoms with Crippen molar-refractivity contribution >= 4 is 11.6 Å². The third-order valence-corrected chi connectivity index (χ3v) is 4.67. The van der Waals surface area contributed by atoms with E-state index in [1.54, 1.807) is 18.2 Å². The monoisotopic (exact) mass is 319 g/mol. The van der Waals surface area contributed by atoms with Crippen LogP contribution in [-0.2, 0) is 12.1 Å². The summed E-state index contributed by atoms with van der Waals surface area (Å²) >= 11 is 5.90. The van der Waals surface area contributed by atoms with Crippen LogP contribution in [-0.4, -0.2) is 23.1 Å². The summed E-state index contributed by atoms with van der Waals surface area (Å²) in [5, 5.41) is 11.5. The predicted octanol–water partition coefficient (Wildman–Crippen LogP) is 3.96. The predicted molar refractivity (Wildman–Crippen MR) is 86.3 cm³/mol. The van der Waals surface area contributed by atoms with Crippen LogP contribution in [0.3, 0.4) is 0 Å². The van der Waals surface area contributed by atoms with Crippen molar-refractivity contribution in [1.29, 1.82) is 0 Å². The quantitative estimate of drug-likeness (QED) is 0.925. The van der Waals surface area contributed by atoms with E-state index < -0.39 is 5.60 Å². The van der Waals surface area contributed by atoms with E-state index in [0.29, 0.717) is 30.0 Å². The molecule has 2 nitrogen and oxygen atoms in total. The Kier molecular flexibility index (Phi) is 4.48. The highest BCUT2D eigenvalue weighted by Crippen LogP contribution is 2.33. The molecule has 0 bridgehead atoms. The van der Waals surface area contributed by atoms with Gasteiger partial charge in [-0.2, -0.15) is 0 Å². The van der Waals surface area contributed by atoms with Crippen molar-refractivity contribution in [2.24, 2.45) is 0 Å². The largest absolute Gasteiger partial charge is 0.385 e. The van der Waals surface area contributed by atoms with Gasteiger partial charge in [-0.25, -0.2) is 4.39 Å². The normalized spacial score (nSPS) is 18.3. The number of hydrogen-bond acceptors (Lipinski definition) is 2. The lowest BCUT2D eigenvalue weighted by Crippen LogP contribution is -2.42. The summed E-state index contributed by atoms with van der Waals surface area (Å²) in [5.74, 6) is -0.166. The van der Waals surface area contributed by atoms with Crippen LogP contribution >= 0.6 is 11.6 Å². The van der Waals surface area contributed by atoms with E-state index in [0.717, 1.165) is 18.7 Å². The number of benzene rings is 2. The Bertz CT molecular complexity index is 636. The second kappa shape index (κ2) is 6.37. The van der Waals surface area contributed by atoms with E-state index in [4.69, 9.17) is 11.6 Å². The molecule has 1 fully saturated rings. The Hall–Kier alpha value is -1.42. The van der Waals surface area contributed by atoms with Crippen LogP contribution in [0.2, 0.25) is 5.02 Å². The molecule has 0 aliphatic carbocycles. The number of hydrogen-bond donors (Lipinski definition) is 1. The zero-order valence-electron chi connectivity index (χ0n) is 12.3. The standard InChI is InChI=1S/C18H19ClFNO/c19-16-7-5-15(6-8-16)18(22)9-11-21(12-10-18)13-14-3-1-2-4-17(14)20/h1-8,22H,9-13H2. The van der Waals surface area contributed by atoms with Gasteiger partial charge in [-0.05, 0) is 36.6 Å². The Balaban J connectivity index is 1.65. The Labute approximate surface area is 135 Å². The van der Waals surface area contributed by atoms with Crippen LogP contribution in [0.25, 0.3) is 0 Å². The molecule has 0 radical (unpaired) electrons. The smallest absolute Gasteiger partial charge is 0.127 e. The fourth-order valence-electron chi connectivity index (χ4n) is 3.00. The Morgan fingerprint density at radius 3 is 2.32 bits per heavy atom. The highest BCUT2D eigenvalue weighted by molar-refractivity contribution is 6.30. The lowest BCUT2D eigenvalue weighted by atomic mass is 9.84. The molecule has 0 aromatic heterocycles. The van der Waals surface area contributed by atoms with Gasteiger partial charge in [0.05, 0.1) is 5.60 Å². The summed E-state index contributed by atoms with van der Waals surface area (Å²) in [6.45, 7) is 2.07. The molecule has 0 unspecified atom stereocenters. The number of rotatable bonds is 3. The molecular formula is C18H19ClFNO. The van der Waals surface area contributed by atoms with Gasteiger partial charge in [0.25, 0.3) is 0 Å². The summed E-state index contributed by atoms with van der Waals surface area (Å²) in [7, 11) is 0. The number of piperidine rings is 1. The topological polar surface area (TPSA) is 23.5 Å². The molecule has 0 spiro atoms. The number of nitrogens with zero attached hydrogens (tertiary/aromatic N) is 1. The Morgan fingerprint density at radius 1 is 1.05 bits per heavy atom. The molecule has 2 aromatic carbocycles. The van der Waals surface area contributed by atoms with E-state index in [9.17, 15) is 9.50 Å². The summed E-state index contributed by atoms with van der Waals surface area (Å²) in [5.41, 5.74) is 0.804. The van der Waals surface area contributed by atoms with Gasteiger partial charge in [0.1, 0.15) is 5.82 Å². The molecule has 22 heavy (non-hydrogen) atoms. The van der Waals surface area contributed by atoms with Gasteiger partial charge >= 0.3 is 0 Å². The number of likely N-dealkylation sites (tertiary alicyclic amines) is 1. The van der Waals surface area contributed by atoms with E-state index >= 15 is 0 Å². The van der Waals surface area contributed by atoms with Crippen molar-refractivity contribution in [3.63, 3.8) is 0 Å². The maximum Gasteiger partial charge on any atom is 0.127 e. The van der Waals surface area contributed by atoms with Gasteiger partial charge in [0.15, 0.2) is 0 Å². The van der Waals surface area contributed by atoms with Crippen LogP contribution < -0.4 is 0 Å². The third kappa shape index (κ3) is 3.32. The molecular weight excluding hydrogens is 301 g/mol. The summed E-state index contributed by atoms with van der Waals surface area (Å²) in [4.78, 5) is 2.18. The maximum absolute atomic E-state index is 13.7.